The van der Waals surface area contributed by atoms with Crippen molar-refractivity contribution in [2.24, 2.45) is 0 Å². The fourth-order valence-corrected chi connectivity index (χ4v) is 3.36. The van der Waals surface area contributed by atoms with Crippen LogP contribution in [-0.4, -0.2) is 34.8 Å². The molecule has 0 spiro atoms. The predicted octanol–water partition coefficient (Wildman–Crippen LogP) is 2.00. The number of aromatic amines is 2. The molecule has 0 aliphatic carbocycles. The summed E-state index contributed by atoms with van der Waals surface area (Å²) in [5.41, 5.74) is 3.62. The van der Waals surface area contributed by atoms with Crippen LogP contribution in [0.3, 0.4) is 0 Å². The molecule has 0 saturated heterocycles. The van der Waals surface area contributed by atoms with Gasteiger partial charge in [-0.15, -0.1) is 17.7 Å². The molecule has 3 aromatic rings. The first-order valence-corrected chi connectivity index (χ1v) is 7.41. The molecule has 0 amide bonds. The van der Waals surface area contributed by atoms with Crippen LogP contribution >= 0.6 is 24.8 Å². The fourth-order valence-electron chi connectivity index (χ4n) is 2.96. The number of thiocarbonyl (C=S) groups is 1. The summed E-state index contributed by atoms with van der Waals surface area (Å²) >= 11 is 9.62. The SMILES string of the molecule is S=C(S)N1Cc2[nH]c3ccccc3c2CC1c1nnn[nH]1. The largest absolute Gasteiger partial charge is 0.357 e. The molecule has 1 atom stereocenters. The van der Waals surface area contributed by atoms with Gasteiger partial charge in [-0.2, -0.15) is 0 Å². The number of hydrogen-bond donors (Lipinski definition) is 3. The van der Waals surface area contributed by atoms with Crippen LogP contribution in [0.4, 0.5) is 0 Å². The first-order chi connectivity index (χ1) is 10.2. The maximum Gasteiger partial charge on any atom is 0.171 e. The van der Waals surface area contributed by atoms with Crippen molar-refractivity contribution in [2.75, 3.05) is 0 Å². The summed E-state index contributed by atoms with van der Waals surface area (Å²) in [5.74, 6) is 0.710. The van der Waals surface area contributed by atoms with Gasteiger partial charge >= 0.3 is 0 Å². The predicted molar refractivity (Wildman–Crippen MR) is 86.0 cm³/mol. The topological polar surface area (TPSA) is 73.5 Å². The monoisotopic (exact) mass is 316 g/mol. The Morgan fingerprint density at radius 3 is 3.00 bits per heavy atom. The number of hydrogen-bond acceptors (Lipinski definition) is 4. The average Bonchev–Trinajstić information content (AvgIpc) is 3.13. The molecular weight excluding hydrogens is 304 g/mol. The van der Waals surface area contributed by atoms with Crippen LogP contribution in [0.2, 0.25) is 0 Å². The van der Waals surface area contributed by atoms with E-state index in [0.717, 1.165) is 11.9 Å². The van der Waals surface area contributed by atoms with Crippen LogP contribution in [0.15, 0.2) is 24.3 Å². The molecular formula is C13H12N6S2. The van der Waals surface area contributed by atoms with Crippen LogP contribution in [0, 0.1) is 0 Å². The highest BCUT2D eigenvalue weighted by Crippen LogP contribution is 2.36. The van der Waals surface area contributed by atoms with Gasteiger partial charge in [-0.25, -0.2) is 5.10 Å². The third kappa shape index (κ3) is 2.02. The lowest BCUT2D eigenvalue weighted by molar-refractivity contribution is 0.283. The van der Waals surface area contributed by atoms with E-state index in [-0.39, 0.29) is 6.04 Å². The number of aromatic nitrogens is 5. The van der Waals surface area contributed by atoms with Gasteiger partial charge in [0.25, 0.3) is 0 Å². The van der Waals surface area contributed by atoms with Gasteiger partial charge in [0, 0.05) is 23.0 Å². The summed E-state index contributed by atoms with van der Waals surface area (Å²) in [6.45, 7) is 0.678. The highest BCUT2D eigenvalue weighted by atomic mass is 32.1. The van der Waals surface area contributed by atoms with Crippen LogP contribution in [0.1, 0.15) is 23.1 Å². The summed E-state index contributed by atoms with van der Waals surface area (Å²) in [5, 5.41) is 15.5. The minimum atomic E-state index is -0.0169. The fraction of sp³-hybridized carbons (Fsp3) is 0.231. The minimum Gasteiger partial charge on any atom is -0.357 e. The van der Waals surface area contributed by atoms with E-state index in [1.165, 1.54) is 16.6 Å². The van der Waals surface area contributed by atoms with Crippen molar-refractivity contribution >= 4 is 40.1 Å². The molecule has 2 N–H and O–H groups in total. The first-order valence-electron chi connectivity index (χ1n) is 6.55. The summed E-state index contributed by atoms with van der Waals surface area (Å²) < 4.78 is 0.542. The number of fused-ring (bicyclic) bond motifs is 3. The summed E-state index contributed by atoms with van der Waals surface area (Å²) in [6.07, 6.45) is 0.789. The average molecular weight is 316 g/mol. The van der Waals surface area contributed by atoms with Gasteiger partial charge in [-0.3, -0.25) is 0 Å². The lowest BCUT2D eigenvalue weighted by Gasteiger charge is -2.34. The van der Waals surface area contributed by atoms with Crippen LogP contribution < -0.4 is 0 Å². The lowest BCUT2D eigenvalue weighted by Crippen LogP contribution is -2.36. The maximum atomic E-state index is 5.27. The second kappa shape index (κ2) is 4.81. The van der Waals surface area contributed by atoms with Crippen molar-refractivity contribution in [3.8, 4) is 0 Å². The Hall–Kier alpha value is -1.93. The summed E-state index contributed by atoms with van der Waals surface area (Å²) in [7, 11) is 0. The van der Waals surface area contributed by atoms with E-state index in [4.69, 9.17) is 12.2 Å². The molecule has 0 radical (unpaired) electrons. The third-order valence-corrected chi connectivity index (χ3v) is 4.42. The highest BCUT2D eigenvalue weighted by Gasteiger charge is 2.32. The second-order valence-electron chi connectivity index (χ2n) is 5.04. The number of tetrazole rings is 1. The zero-order valence-electron chi connectivity index (χ0n) is 10.9. The molecule has 0 bridgehead atoms. The van der Waals surface area contributed by atoms with Crippen molar-refractivity contribution in [2.45, 2.75) is 19.0 Å². The Morgan fingerprint density at radius 1 is 1.38 bits per heavy atom. The van der Waals surface area contributed by atoms with E-state index in [1.807, 2.05) is 11.0 Å². The van der Waals surface area contributed by atoms with E-state index < -0.39 is 0 Å². The van der Waals surface area contributed by atoms with Crippen LogP contribution in [-0.2, 0) is 13.0 Å². The second-order valence-corrected chi connectivity index (χ2v) is 6.16. The molecule has 3 heterocycles. The minimum absolute atomic E-state index is 0.0169. The van der Waals surface area contributed by atoms with Gasteiger partial charge in [0.1, 0.15) is 4.32 Å². The van der Waals surface area contributed by atoms with E-state index in [9.17, 15) is 0 Å². The molecule has 8 heteroatoms. The van der Waals surface area contributed by atoms with E-state index in [0.29, 0.717) is 16.7 Å². The molecule has 106 valence electrons. The van der Waals surface area contributed by atoms with Crippen LogP contribution in [0.5, 0.6) is 0 Å². The van der Waals surface area contributed by atoms with E-state index in [1.54, 1.807) is 0 Å². The Morgan fingerprint density at radius 2 is 2.24 bits per heavy atom. The Kier molecular flexibility index (Phi) is 2.93. The lowest BCUT2D eigenvalue weighted by atomic mass is 9.97. The quantitative estimate of drug-likeness (QED) is 0.473. The molecule has 21 heavy (non-hydrogen) atoms. The zero-order chi connectivity index (χ0) is 14.4. The van der Waals surface area contributed by atoms with Crippen molar-refractivity contribution < 1.29 is 0 Å². The number of nitrogens with one attached hydrogen (secondary N) is 2. The van der Waals surface area contributed by atoms with Gasteiger partial charge in [-0.05, 0) is 22.1 Å². The zero-order valence-corrected chi connectivity index (χ0v) is 12.7. The van der Waals surface area contributed by atoms with Crippen molar-refractivity contribution in [1.29, 1.82) is 0 Å². The highest BCUT2D eigenvalue weighted by molar-refractivity contribution is 8.10. The number of nitrogens with zero attached hydrogens (tertiary/aromatic N) is 4. The molecule has 4 rings (SSSR count). The van der Waals surface area contributed by atoms with Crippen molar-refractivity contribution in [1.82, 2.24) is 30.5 Å². The number of para-hydroxylation sites is 1. The number of thiol groups is 1. The van der Waals surface area contributed by atoms with Crippen molar-refractivity contribution in [3.63, 3.8) is 0 Å². The maximum absolute atomic E-state index is 5.27. The number of rotatable bonds is 1. The Bertz CT molecular complexity index is 809. The summed E-state index contributed by atoms with van der Waals surface area (Å²) in [4.78, 5) is 5.50. The van der Waals surface area contributed by atoms with E-state index >= 15 is 0 Å². The van der Waals surface area contributed by atoms with Crippen molar-refractivity contribution in [3.05, 3.63) is 41.3 Å². The smallest absolute Gasteiger partial charge is 0.171 e. The number of H-pyrrole nitrogens is 2. The third-order valence-electron chi connectivity index (χ3n) is 3.93. The molecule has 6 nitrogen and oxygen atoms in total. The summed E-state index contributed by atoms with van der Waals surface area (Å²) in [6, 6.07) is 8.29. The van der Waals surface area contributed by atoms with E-state index in [2.05, 4.69) is 56.4 Å². The Labute approximate surface area is 131 Å². The molecule has 1 aromatic carbocycles. The standard InChI is InChI=1S/C13H12N6S2/c20-13(21)19-6-10-8(5-11(19)12-15-17-18-16-12)7-3-1-2-4-9(7)14-10/h1-4,11,14H,5-6H2,(H,20,21)(H,15,16,17,18). The molecule has 2 aromatic heterocycles. The van der Waals surface area contributed by atoms with Gasteiger partial charge < -0.3 is 9.88 Å². The van der Waals surface area contributed by atoms with Gasteiger partial charge in [0.15, 0.2) is 5.82 Å². The van der Waals surface area contributed by atoms with Crippen LogP contribution in [0.25, 0.3) is 10.9 Å². The first kappa shape index (κ1) is 12.8. The van der Waals surface area contributed by atoms with Gasteiger partial charge in [0.2, 0.25) is 0 Å². The Balaban J connectivity index is 1.85. The molecule has 0 fully saturated rings. The molecule has 1 unspecified atom stereocenters. The molecule has 1 aliphatic heterocycles. The number of benzene rings is 1. The normalized spacial score (nSPS) is 18.0. The molecule has 1 aliphatic rings. The van der Waals surface area contributed by atoms with Gasteiger partial charge in [0.05, 0.1) is 12.6 Å². The molecule has 0 saturated carbocycles. The van der Waals surface area contributed by atoms with Gasteiger partial charge in [-0.1, -0.05) is 30.4 Å².